The van der Waals surface area contributed by atoms with Crippen molar-refractivity contribution >= 4 is 0 Å². The second kappa shape index (κ2) is 13.1. The molecule has 1 nitrogen and oxygen atoms in total. The lowest BCUT2D eigenvalue weighted by atomic mass is 10.0. The molecule has 0 aromatic carbocycles. The van der Waals surface area contributed by atoms with E-state index in [-0.39, 0.29) is 6.10 Å². The summed E-state index contributed by atoms with van der Waals surface area (Å²) < 4.78 is 0. The average Bonchev–Trinajstić information content (AvgIpc) is 2.35. The van der Waals surface area contributed by atoms with Crippen molar-refractivity contribution in [3.63, 3.8) is 0 Å². The Morgan fingerprint density at radius 2 is 1.39 bits per heavy atom. The van der Waals surface area contributed by atoms with Gasteiger partial charge in [0.2, 0.25) is 0 Å². The summed E-state index contributed by atoms with van der Waals surface area (Å²) in [5.41, 5.74) is 0. The van der Waals surface area contributed by atoms with E-state index in [2.05, 4.69) is 32.9 Å². The number of aliphatic hydroxyl groups is 1. The van der Waals surface area contributed by atoms with Crippen molar-refractivity contribution in [2.75, 3.05) is 0 Å². The lowest BCUT2D eigenvalue weighted by Crippen LogP contribution is -2.12. The zero-order valence-corrected chi connectivity index (χ0v) is 12.8. The minimum absolute atomic E-state index is 0.167. The first-order chi connectivity index (χ1) is 8.68. The topological polar surface area (TPSA) is 20.2 Å². The molecule has 0 heterocycles. The first-order valence-electron chi connectivity index (χ1n) is 8.01. The molecule has 0 unspecified atom stereocenters. The average molecular weight is 254 g/mol. The number of aliphatic hydroxyl groups excluding tert-OH is 1. The maximum absolute atomic E-state index is 9.62. The molecule has 0 amide bonds. The Bertz CT molecular complexity index is 184. The molecule has 1 heteroatoms. The van der Waals surface area contributed by atoms with E-state index in [4.69, 9.17) is 0 Å². The van der Waals surface area contributed by atoms with Crippen LogP contribution in [0.25, 0.3) is 0 Å². The van der Waals surface area contributed by atoms with Crippen LogP contribution in [0.5, 0.6) is 0 Å². The third kappa shape index (κ3) is 12.2. The Morgan fingerprint density at radius 3 is 1.94 bits per heavy atom. The number of hydrogen-bond donors (Lipinski definition) is 1. The van der Waals surface area contributed by atoms with Crippen molar-refractivity contribution in [1.82, 2.24) is 0 Å². The fraction of sp³-hybridized carbons (Fsp3) is 0.882. The smallest absolute Gasteiger partial charge is 0.0597 e. The van der Waals surface area contributed by atoms with Gasteiger partial charge in [-0.3, -0.25) is 0 Å². The first-order valence-corrected chi connectivity index (χ1v) is 8.01. The van der Waals surface area contributed by atoms with E-state index in [1.54, 1.807) is 0 Å². The van der Waals surface area contributed by atoms with E-state index in [0.717, 1.165) is 6.42 Å². The van der Waals surface area contributed by atoms with Gasteiger partial charge in [-0.15, -0.1) is 0 Å². The van der Waals surface area contributed by atoms with E-state index < -0.39 is 0 Å². The molecule has 0 aromatic heterocycles. The van der Waals surface area contributed by atoms with Crippen LogP contribution < -0.4 is 0 Å². The van der Waals surface area contributed by atoms with Crippen molar-refractivity contribution in [3.05, 3.63) is 12.2 Å². The molecule has 0 saturated heterocycles. The van der Waals surface area contributed by atoms with Gasteiger partial charge in [0.15, 0.2) is 0 Å². The summed E-state index contributed by atoms with van der Waals surface area (Å²) in [5.74, 6) is 0.373. The first kappa shape index (κ1) is 17.7. The van der Waals surface area contributed by atoms with Crippen LogP contribution in [0.1, 0.15) is 85.0 Å². The molecule has 0 bridgehead atoms. The molecule has 1 atom stereocenters. The summed E-state index contributed by atoms with van der Waals surface area (Å²) >= 11 is 0. The van der Waals surface area contributed by atoms with Gasteiger partial charge in [-0.25, -0.2) is 0 Å². The van der Waals surface area contributed by atoms with Crippen LogP contribution in [0.2, 0.25) is 0 Å². The molecule has 0 radical (unpaired) electrons. The fourth-order valence-electron chi connectivity index (χ4n) is 2.02. The maximum atomic E-state index is 9.62. The number of hydrogen-bond acceptors (Lipinski definition) is 1. The summed E-state index contributed by atoms with van der Waals surface area (Å²) in [5, 5.41) is 9.62. The Labute approximate surface area is 115 Å². The van der Waals surface area contributed by atoms with Crippen LogP contribution in [-0.4, -0.2) is 11.2 Å². The number of rotatable bonds is 12. The quantitative estimate of drug-likeness (QED) is 0.361. The van der Waals surface area contributed by atoms with Crippen LogP contribution in [0, 0.1) is 5.92 Å². The zero-order valence-electron chi connectivity index (χ0n) is 12.8. The normalized spacial score (nSPS) is 13.6. The van der Waals surface area contributed by atoms with Gasteiger partial charge in [-0.2, -0.15) is 0 Å². The van der Waals surface area contributed by atoms with Gasteiger partial charge in [0.05, 0.1) is 6.10 Å². The van der Waals surface area contributed by atoms with Crippen molar-refractivity contribution in [1.29, 1.82) is 0 Å². The molecule has 0 saturated carbocycles. The van der Waals surface area contributed by atoms with Gasteiger partial charge in [-0.1, -0.05) is 77.9 Å². The van der Waals surface area contributed by atoms with E-state index in [0.29, 0.717) is 5.92 Å². The predicted octanol–water partition coefficient (Wildman–Crippen LogP) is 5.48. The van der Waals surface area contributed by atoms with Crippen LogP contribution >= 0.6 is 0 Å². The summed E-state index contributed by atoms with van der Waals surface area (Å²) in [4.78, 5) is 0. The van der Waals surface area contributed by atoms with Crippen molar-refractivity contribution < 1.29 is 5.11 Å². The molecule has 108 valence electrons. The summed E-state index contributed by atoms with van der Waals surface area (Å²) in [6, 6.07) is 0. The van der Waals surface area contributed by atoms with Crippen molar-refractivity contribution in [2.45, 2.75) is 91.1 Å². The van der Waals surface area contributed by atoms with E-state index in [1.165, 1.54) is 57.8 Å². The standard InChI is InChI=1S/C17H34O/c1-4-5-6-7-8-9-10-11-12-13-14-15-17(18)16(2)3/h13-14,16-18H,4-12,15H2,1-3H3/b14-13-/t17-/m1/s1. The Morgan fingerprint density at radius 1 is 0.833 bits per heavy atom. The summed E-state index contributed by atoms with van der Waals surface area (Å²) in [6.45, 7) is 6.40. The third-order valence-corrected chi connectivity index (χ3v) is 3.54. The van der Waals surface area contributed by atoms with Crippen LogP contribution in [0.15, 0.2) is 12.2 Å². The van der Waals surface area contributed by atoms with Crippen LogP contribution in [-0.2, 0) is 0 Å². The van der Waals surface area contributed by atoms with Gasteiger partial charge >= 0.3 is 0 Å². The molecular formula is C17H34O. The third-order valence-electron chi connectivity index (χ3n) is 3.54. The lowest BCUT2D eigenvalue weighted by molar-refractivity contribution is 0.128. The fourth-order valence-corrected chi connectivity index (χ4v) is 2.02. The molecule has 0 rings (SSSR count). The van der Waals surface area contributed by atoms with E-state index in [9.17, 15) is 5.11 Å². The summed E-state index contributed by atoms with van der Waals surface area (Å²) in [6.07, 6.45) is 17.3. The molecule has 1 N–H and O–H groups in total. The molecule has 0 spiro atoms. The lowest BCUT2D eigenvalue weighted by Gasteiger charge is -2.10. The number of allylic oxidation sites excluding steroid dienone is 1. The van der Waals surface area contributed by atoms with Crippen LogP contribution in [0.4, 0.5) is 0 Å². The predicted molar refractivity (Wildman–Crippen MR) is 81.8 cm³/mol. The van der Waals surface area contributed by atoms with Crippen molar-refractivity contribution in [3.8, 4) is 0 Å². The Hall–Kier alpha value is -0.300. The highest BCUT2D eigenvalue weighted by molar-refractivity contribution is 4.84. The van der Waals surface area contributed by atoms with Gasteiger partial charge in [0.25, 0.3) is 0 Å². The van der Waals surface area contributed by atoms with Gasteiger partial charge in [0.1, 0.15) is 0 Å². The monoisotopic (exact) mass is 254 g/mol. The number of unbranched alkanes of at least 4 members (excludes halogenated alkanes) is 8. The van der Waals surface area contributed by atoms with E-state index in [1.807, 2.05) is 0 Å². The molecule has 0 aliphatic carbocycles. The van der Waals surface area contributed by atoms with Gasteiger partial charge in [0, 0.05) is 0 Å². The highest BCUT2D eigenvalue weighted by atomic mass is 16.3. The summed E-state index contributed by atoms with van der Waals surface area (Å²) in [7, 11) is 0. The minimum Gasteiger partial charge on any atom is -0.393 e. The second-order valence-corrected chi connectivity index (χ2v) is 5.78. The SMILES string of the molecule is CCCCCCCCCC/C=C\C[C@@H](O)C(C)C. The van der Waals surface area contributed by atoms with Crippen molar-refractivity contribution in [2.24, 2.45) is 5.92 Å². The zero-order chi connectivity index (χ0) is 13.6. The molecule has 18 heavy (non-hydrogen) atoms. The minimum atomic E-state index is -0.167. The maximum Gasteiger partial charge on any atom is 0.0597 e. The molecule has 0 fully saturated rings. The second-order valence-electron chi connectivity index (χ2n) is 5.78. The Balaban J connectivity index is 3.17. The largest absolute Gasteiger partial charge is 0.393 e. The molecule has 0 aliphatic rings. The molecular weight excluding hydrogens is 220 g/mol. The van der Waals surface area contributed by atoms with Gasteiger partial charge in [-0.05, 0) is 25.2 Å². The molecule has 0 aromatic rings. The van der Waals surface area contributed by atoms with Gasteiger partial charge < -0.3 is 5.11 Å². The van der Waals surface area contributed by atoms with Crippen LogP contribution in [0.3, 0.4) is 0 Å². The Kier molecular flexibility index (Phi) is 12.9. The highest BCUT2D eigenvalue weighted by Gasteiger charge is 2.05. The highest BCUT2D eigenvalue weighted by Crippen LogP contribution is 2.10. The molecule has 0 aliphatic heterocycles. The van der Waals surface area contributed by atoms with E-state index >= 15 is 0 Å².